The summed E-state index contributed by atoms with van der Waals surface area (Å²) < 4.78 is 27.7. The Kier molecular flexibility index (Phi) is 4.79. The van der Waals surface area contributed by atoms with E-state index in [2.05, 4.69) is 4.90 Å². The van der Waals surface area contributed by atoms with Gasteiger partial charge in [0.25, 0.3) is 10.2 Å². The Hall–Kier alpha value is -0.680. The number of nitriles is 1. The van der Waals surface area contributed by atoms with Crippen LogP contribution in [0.5, 0.6) is 0 Å². The predicted octanol–water partition coefficient (Wildman–Crippen LogP) is 0.247. The molecule has 2 fully saturated rings. The van der Waals surface area contributed by atoms with Gasteiger partial charge in [0.2, 0.25) is 0 Å². The lowest BCUT2D eigenvalue weighted by atomic mass is 10.0. The van der Waals surface area contributed by atoms with Crippen molar-refractivity contribution in [3.63, 3.8) is 0 Å². The van der Waals surface area contributed by atoms with Crippen LogP contribution in [0.15, 0.2) is 0 Å². The summed E-state index contributed by atoms with van der Waals surface area (Å²) in [6.45, 7) is 3.36. The van der Waals surface area contributed by atoms with Crippen LogP contribution in [0.25, 0.3) is 0 Å². The van der Waals surface area contributed by atoms with E-state index in [0.29, 0.717) is 19.1 Å². The first kappa shape index (κ1) is 14.7. The molecule has 108 valence electrons. The first-order chi connectivity index (χ1) is 9.05. The Morgan fingerprint density at radius 3 is 2.84 bits per heavy atom. The van der Waals surface area contributed by atoms with Crippen LogP contribution in [0, 0.1) is 11.3 Å². The summed E-state index contributed by atoms with van der Waals surface area (Å²) in [5.41, 5.74) is 0. The number of piperazine rings is 1. The van der Waals surface area contributed by atoms with E-state index >= 15 is 0 Å². The molecular weight excluding hydrogens is 264 g/mol. The van der Waals surface area contributed by atoms with Crippen molar-refractivity contribution in [1.82, 2.24) is 13.5 Å². The fourth-order valence-electron chi connectivity index (χ4n) is 2.86. The maximum absolute atomic E-state index is 12.4. The van der Waals surface area contributed by atoms with Gasteiger partial charge in [-0.3, -0.25) is 4.90 Å². The van der Waals surface area contributed by atoms with Crippen LogP contribution in [0.1, 0.15) is 25.7 Å². The van der Waals surface area contributed by atoms with Crippen molar-refractivity contribution < 1.29 is 8.42 Å². The largest absolute Gasteiger partial charge is 0.298 e. The van der Waals surface area contributed by atoms with E-state index in [9.17, 15) is 8.42 Å². The molecule has 7 heteroatoms. The summed E-state index contributed by atoms with van der Waals surface area (Å²) >= 11 is 0. The molecule has 1 unspecified atom stereocenters. The fraction of sp³-hybridized carbons (Fsp3) is 0.917. The zero-order valence-corrected chi connectivity index (χ0v) is 12.3. The fourth-order valence-corrected chi connectivity index (χ4v) is 4.25. The second-order valence-corrected chi connectivity index (χ2v) is 7.32. The lowest BCUT2D eigenvalue weighted by Gasteiger charge is -2.44. The molecule has 2 aliphatic heterocycles. The van der Waals surface area contributed by atoms with Crippen molar-refractivity contribution in [3.05, 3.63) is 0 Å². The average Bonchev–Trinajstić information content (AvgIpc) is 2.44. The molecule has 0 radical (unpaired) electrons. The molecule has 0 aromatic heterocycles. The van der Waals surface area contributed by atoms with Gasteiger partial charge in [-0.25, -0.2) is 0 Å². The minimum atomic E-state index is -3.40. The Morgan fingerprint density at radius 1 is 1.32 bits per heavy atom. The molecule has 0 bridgehead atoms. The topological polar surface area (TPSA) is 67.6 Å². The summed E-state index contributed by atoms with van der Waals surface area (Å²) in [7, 11) is -1.84. The van der Waals surface area contributed by atoms with Crippen LogP contribution >= 0.6 is 0 Å². The van der Waals surface area contributed by atoms with Crippen molar-refractivity contribution in [2.75, 3.05) is 39.8 Å². The summed E-state index contributed by atoms with van der Waals surface area (Å²) in [4.78, 5) is 2.41. The van der Waals surface area contributed by atoms with Crippen LogP contribution in [0.2, 0.25) is 0 Å². The number of fused-ring (bicyclic) bond motifs is 1. The summed E-state index contributed by atoms with van der Waals surface area (Å²) in [5.74, 6) is 0. The van der Waals surface area contributed by atoms with E-state index in [1.807, 2.05) is 6.07 Å². The highest BCUT2D eigenvalue weighted by molar-refractivity contribution is 7.86. The van der Waals surface area contributed by atoms with Gasteiger partial charge in [-0.15, -0.1) is 0 Å². The highest BCUT2D eigenvalue weighted by atomic mass is 32.2. The molecular formula is C12H22N4O2S. The summed E-state index contributed by atoms with van der Waals surface area (Å²) in [5, 5.41) is 8.55. The molecule has 0 aromatic carbocycles. The zero-order chi connectivity index (χ0) is 13.9. The summed E-state index contributed by atoms with van der Waals surface area (Å²) in [6.07, 6.45) is 3.75. The lowest BCUT2D eigenvalue weighted by molar-refractivity contribution is 0.0827. The third-order valence-corrected chi connectivity index (χ3v) is 6.01. The number of hydrogen-bond acceptors (Lipinski definition) is 4. The van der Waals surface area contributed by atoms with Gasteiger partial charge < -0.3 is 0 Å². The lowest BCUT2D eigenvalue weighted by Crippen LogP contribution is -2.58. The van der Waals surface area contributed by atoms with Crippen molar-refractivity contribution in [2.45, 2.75) is 31.7 Å². The molecule has 19 heavy (non-hydrogen) atoms. The standard InChI is InChI=1S/C12H22N4O2S/c1-14(7-4-6-13)19(17,18)16-10-9-15-8-3-2-5-12(15)11-16/h12H,2-5,7-11H2,1H3. The first-order valence-electron chi connectivity index (χ1n) is 6.88. The van der Waals surface area contributed by atoms with Gasteiger partial charge in [0, 0.05) is 45.7 Å². The van der Waals surface area contributed by atoms with Crippen molar-refractivity contribution >= 4 is 10.2 Å². The molecule has 2 aliphatic rings. The normalized spacial score (nSPS) is 26.1. The van der Waals surface area contributed by atoms with Gasteiger partial charge in [-0.05, 0) is 19.4 Å². The quantitative estimate of drug-likeness (QED) is 0.743. The minimum absolute atomic E-state index is 0.235. The molecule has 1 atom stereocenters. The van der Waals surface area contributed by atoms with E-state index in [4.69, 9.17) is 5.26 Å². The Labute approximate surface area is 115 Å². The van der Waals surface area contributed by atoms with Crippen LogP contribution in [-0.4, -0.2) is 67.7 Å². The average molecular weight is 286 g/mol. The molecule has 0 spiro atoms. The molecule has 0 N–H and O–H groups in total. The van der Waals surface area contributed by atoms with E-state index in [0.717, 1.165) is 19.5 Å². The first-order valence-corrected chi connectivity index (χ1v) is 8.28. The molecule has 0 aromatic rings. The molecule has 0 saturated carbocycles. The van der Waals surface area contributed by atoms with Crippen molar-refractivity contribution in [1.29, 1.82) is 5.26 Å². The Morgan fingerprint density at radius 2 is 2.11 bits per heavy atom. The van der Waals surface area contributed by atoms with Gasteiger partial charge in [0.1, 0.15) is 0 Å². The van der Waals surface area contributed by atoms with Gasteiger partial charge in [0.15, 0.2) is 0 Å². The minimum Gasteiger partial charge on any atom is -0.298 e. The number of hydrogen-bond donors (Lipinski definition) is 0. The third-order valence-electron chi connectivity index (χ3n) is 4.06. The van der Waals surface area contributed by atoms with Crippen molar-refractivity contribution in [3.8, 4) is 6.07 Å². The van der Waals surface area contributed by atoms with Crippen LogP contribution in [-0.2, 0) is 10.2 Å². The maximum atomic E-state index is 12.4. The van der Waals surface area contributed by atoms with E-state index in [1.54, 1.807) is 11.4 Å². The zero-order valence-electron chi connectivity index (χ0n) is 11.5. The highest BCUT2D eigenvalue weighted by Gasteiger charge is 2.35. The van der Waals surface area contributed by atoms with Gasteiger partial charge >= 0.3 is 0 Å². The monoisotopic (exact) mass is 286 g/mol. The summed E-state index contributed by atoms with van der Waals surface area (Å²) in [6, 6.07) is 2.36. The molecule has 6 nitrogen and oxygen atoms in total. The molecule has 0 amide bonds. The highest BCUT2D eigenvalue weighted by Crippen LogP contribution is 2.23. The SMILES string of the molecule is CN(CCC#N)S(=O)(=O)N1CCN2CCCCC2C1. The maximum Gasteiger partial charge on any atom is 0.281 e. The van der Waals surface area contributed by atoms with E-state index in [-0.39, 0.29) is 13.0 Å². The molecule has 2 saturated heterocycles. The van der Waals surface area contributed by atoms with E-state index < -0.39 is 10.2 Å². The number of nitrogens with zero attached hydrogens (tertiary/aromatic N) is 4. The van der Waals surface area contributed by atoms with Gasteiger partial charge in [-0.2, -0.15) is 22.3 Å². The Bertz CT molecular complexity index is 445. The second-order valence-electron chi connectivity index (χ2n) is 5.28. The third kappa shape index (κ3) is 3.26. The molecule has 0 aliphatic carbocycles. The van der Waals surface area contributed by atoms with Crippen molar-refractivity contribution in [2.24, 2.45) is 0 Å². The van der Waals surface area contributed by atoms with E-state index in [1.165, 1.54) is 17.1 Å². The Balaban J connectivity index is 1.99. The predicted molar refractivity (Wildman–Crippen MR) is 72.6 cm³/mol. The second kappa shape index (κ2) is 6.18. The van der Waals surface area contributed by atoms with Crippen LogP contribution < -0.4 is 0 Å². The van der Waals surface area contributed by atoms with Crippen LogP contribution in [0.3, 0.4) is 0 Å². The van der Waals surface area contributed by atoms with Gasteiger partial charge in [-0.1, -0.05) is 6.42 Å². The molecule has 2 heterocycles. The van der Waals surface area contributed by atoms with Gasteiger partial charge in [0.05, 0.1) is 6.07 Å². The number of rotatable bonds is 4. The number of piperidine rings is 1. The molecule has 2 rings (SSSR count). The van der Waals surface area contributed by atoms with Crippen LogP contribution in [0.4, 0.5) is 0 Å². The smallest absolute Gasteiger partial charge is 0.281 e.